The number of aromatic nitrogens is 1. The minimum Gasteiger partial charge on any atom is -0.512 e. The van der Waals surface area contributed by atoms with Crippen LogP contribution >= 0.6 is 0 Å². The van der Waals surface area contributed by atoms with Crippen LogP contribution in [0.3, 0.4) is 0 Å². The minimum absolute atomic E-state index is 0. The number of aryl methyl sites for hydroxylation is 1. The van der Waals surface area contributed by atoms with Gasteiger partial charge in [0.2, 0.25) is 0 Å². The number of pyridine rings is 1. The summed E-state index contributed by atoms with van der Waals surface area (Å²) in [6.07, 6.45) is 11.1. The third-order valence-electron chi connectivity index (χ3n) is 8.20. The summed E-state index contributed by atoms with van der Waals surface area (Å²) in [5.74, 6) is 1.68. The number of fused-ring (bicyclic) bond motifs is 4. The molecule has 2 aromatic heterocycles. The Balaban J connectivity index is 0.000000271. The first-order chi connectivity index (χ1) is 20.7. The first-order valence-electron chi connectivity index (χ1n) is 15.8. The number of benzene rings is 3. The van der Waals surface area contributed by atoms with Gasteiger partial charge in [-0.1, -0.05) is 101 Å². The quantitative estimate of drug-likeness (QED) is 0.102. The van der Waals surface area contributed by atoms with Crippen LogP contribution in [0.15, 0.2) is 77.0 Å². The number of rotatable bonds is 7. The van der Waals surface area contributed by atoms with E-state index in [-0.39, 0.29) is 31.6 Å². The van der Waals surface area contributed by atoms with E-state index in [9.17, 15) is 9.90 Å². The van der Waals surface area contributed by atoms with Gasteiger partial charge in [0, 0.05) is 50.6 Å². The monoisotopic (exact) mass is 767 g/mol. The molecule has 1 aliphatic carbocycles. The molecule has 3 aromatic carbocycles. The van der Waals surface area contributed by atoms with Gasteiger partial charge in [0.25, 0.3) is 0 Å². The van der Waals surface area contributed by atoms with Crippen molar-refractivity contribution in [2.45, 2.75) is 85.5 Å². The van der Waals surface area contributed by atoms with Crippen molar-refractivity contribution in [3.8, 4) is 11.3 Å². The van der Waals surface area contributed by atoms with Gasteiger partial charge in [-0.2, -0.15) is 0 Å². The third-order valence-corrected chi connectivity index (χ3v) is 8.20. The van der Waals surface area contributed by atoms with Crippen LogP contribution in [-0.4, -0.2) is 15.9 Å². The molecule has 0 aliphatic heterocycles. The SMILES string of the molecule is CC(C)CC(=O)/C=C(\O)CC(C)C.Cc1[c-]c(-c2nccc3cc(C4CCCCC4)ccc23)c2oc3ccccc3c2c1.[Ir]. The molecule has 1 N–H and O–H groups in total. The Bertz CT molecular complexity index is 1760. The number of hydrogen-bond acceptors (Lipinski definition) is 4. The summed E-state index contributed by atoms with van der Waals surface area (Å²) < 4.78 is 6.29. The maximum atomic E-state index is 11.2. The van der Waals surface area contributed by atoms with Gasteiger partial charge in [0.15, 0.2) is 5.78 Å². The molecule has 1 saturated carbocycles. The zero-order chi connectivity index (χ0) is 30.5. The molecule has 4 nitrogen and oxygen atoms in total. The summed E-state index contributed by atoms with van der Waals surface area (Å²) >= 11 is 0. The van der Waals surface area contributed by atoms with Crippen molar-refractivity contribution < 1.29 is 34.4 Å². The fourth-order valence-corrected chi connectivity index (χ4v) is 6.28. The van der Waals surface area contributed by atoms with Crippen molar-refractivity contribution in [3.63, 3.8) is 0 Å². The number of furan rings is 1. The number of ketones is 1. The van der Waals surface area contributed by atoms with Crippen LogP contribution in [-0.2, 0) is 24.9 Å². The van der Waals surface area contributed by atoms with Gasteiger partial charge in [-0.05, 0) is 64.8 Å². The molecule has 44 heavy (non-hydrogen) atoms. The number of carbonyl (C=O) groups is 1. The van der Waals surface area contributed by atoms with Crippen molar-refractivity contribution >= 4 is 38.5 Å². The second kappa shape index (κ2) is 15.1. The fourth-order valence-electron chi connectivity index (χ4n) is 6.28. The summed E-state index contributed by atoms with van der Waals surface area (Å²) in [4.78, 5) is 16.0. The van der Waals surface area contributed by atoms with Crippen LogP contribution in [0.25, 0.3) is 44.0 Å². The van der Waals surface area contributed by atoms with Gasteiger partial charge in [-0.3, -0.25) is 4.79 Å². The van der Waals surface area contributed by atoms with E-state index in [0.717, 1.165) is 38.8 Å². The van der Waals surface area contributed by atoms with Crippen LogP contribution in [0, 0.1) is 24.8 Å². The predicted octanol–water partition coefficient (Wildman–Crippen LogP) is 11.0. The number of allylic oxidation sites excluding steroid dienone is 2. The molecule has 1 fully saturated rings. The van der Waals surface area contributed by atoms with Crippen molar-refractivity contribution in [2.75, 3.05) is 0 Å². The average molecular weight is 767 g/mol. The number of para-hydroxylation sites is 1. The van der Waals surface area contributed by atoms with Crippen LogP contribution in [0.4, 0.5) is 0 Å². The van der Waals surface area contributed by atoms with E-state index in [4.69, 9.17) is 9.40 Å². The predicted molar refractivity (Wildman–Crippen MR) is 178 cm³/mol. The van der Waals surface area contributed by atoms with E-state index in [1.807, 2.05) is 46.0 Å². The fraction of sp³-hybridized carbons (Fsp3) is 0.385. The molecule has 0 spiro atoms. The Morgan fingerprint density at radius 2 is 1.68 bits per heavy atom. The number of carbonyl (C=O) groups excluding carboxylic acids is 1. The summed E-state index contributed by atoms with van der Waals surface area (Å²) in [6.45, 7) is 10.1. The van der Waals surface area contributed by atoms with Crippen molar-refractivity contribution in [1.82, 2.24) is 4.98 Å². The van der Waals surface area contributed by atoms with Gasteiger partial charge < -0.3 is 14.5 Å². The molecule has 6 rings (SSSR count). The molecule has 5 heteroatoms. The Morgan fingerprint density at radius 3 is 2.41 bits per heavy atom. The Labute approximate surface area is 275 Å². The van der Waals surface area contributed by atoms with Crippen molar-refractivity contribution in [2.24, 2.45) is 11.8 Å². The topological polar surface area (TPSA) is 63.3 Å². The first-order valence-corrected chi connectivity index (χ1v) is 15.8. The molecule has 5 aromatic rings. The van der Waals surface area contributed by atoms with Crippen LogP contribution in [0.1, 0.15) is 89.7 Å². The number of aliphatic hydroxyl groups is 1. The Morgan fingerprint density at radius 1 is 0.955 bits per heavy atom. The second-order valence-corrected chi connectivity index (χ2v) is 12.9. The number of nitrogens with zero attached hydrogens (tertiary/aromatic N) is 1. The molecule has 1 aliphatic rings. The molecule has 0 bridgehead atoms. The molecule has 2 heterocycles. The van der Waals surface area contributed by atoms with E-state index in [2.05, 4.69) is 55.5 Å². The van der Waals surface area contributed by atoms with Crippen LogP contribution in [0.2, 0.25) is 0 Å². The summed E-state index contributed by atoms with van der Waals surface area (Å²) in [5.41, 5.74) is 6.27. The van der Waals surface area contributed by atoms with Gasteiger partial charge in [0.1, 0.15) is 5.58 Å². The van der Waals surface area contributed by atoms with E-state index >= 15 is 0 Å². The van der Waals surface area contributed by atoms with Crippen LogP contribution in [0.5, 0.6) is 0 Å². The zero-order valence-corrected chi connectivity index (χ0v) is 29.0. The van der Waals surface area contributed by atoms with Gasteiger partial charge in [-0.25, -0.2) is 0 Å². The van der Waals surface area contributed by atoms with Crippen molar-refractivity contribution in [3.05, 3.63) is 89.8 Å². The standard InChI is InChI=1S/C28H24NO.C11H20O2.Ir/c1-18-15-24-23-9-5-6-10-26(23)30-28(24)25(16-18)27-22-12-11-20(17-21(22)13-14-29-27)19-7-3-2-4-8-19;1-8(2)5-10(12)7-11(13)6-9(3)4;/h5-6,9-15,17,19H,2-4,7-8H2,1H3;7-9,12H,5-6H2,1-4H3;/q-1;;/b;10-7-;. The average Bonchev–Trinajstić information content (AvgIpc) is 3.34. The molecule has 1 radical (unpaired) electrons. The Kier molecular flexibility index (Phi) is 11.6. The number of hydrogen-bond donors (Lipinski definition) is 1. The summed E-state index contributed by atoms with van der Waals surface area (Å²) in [5, 5.41) is 14.0. The summed E-state index contributed by atoms with van der Waals surface area (Å²) in [6, 6.07) is 23.0. The van der Waals surface area contributed by atoms with Gasteiger partial charge in [-0.15, -0.1) is 17.7 Å². The maximum absolute atomic E-state index is 11.2. The molecule has 0 saturated heterocycles. The first kappa shape index (κ1) is 33.6. The maximum Gasteiger partial charge on any atom is 0.159 e. The molecule has 0 amide bonds. The zero-order valence-electron chi connectivity index (χ0n) is 26.6. The van der Waals surface area contributed by atoms with Gasteiger partial charge >= 0.3 is 0 Å². The van der Waals surface area contributed by atoms with Crippen LogP contribution < -0.4 is 0 Å². The molecular weight excluding hydrogens is 723 g/mol. The number of aliphatic hydroxyl groups excluding tert-OH is 1. The smallest absolute Gasteiger partial charge is 0.159 e. The van der Waals surface area contributed by atoms with E-state index in [0.29, 0.717) is 30.6 Å². The van der Waals surface area contributed by atoms with Gasteiger partial charge in [0.05, 0.1) is 11.3 Å². The Hall–Kier alpha value is -3.27. The van der Waals surface area contributed by atoms with E-state index in [1.165, 1.54) is 54.5 Å². The molecule has 0 unspecified atom stereocenters. The molecular formula is C39H44IrNO3-. The third kappa shape index (κ3) is 8.06. The second-order valence-electron chi connectivity index (χ2n) is 12.9. The van der Waals surface area contributed by atoms with Crippen molar-refractivity contribution in [1.29, 1.82) is 0 Å². The summed E-state index contributed by atoms with van der Waals surface area (Å²) in [7, 11) is 0. The largest absolute Gasteiger partial charge is 0.512 e. The molecule has 233 valence electrons. The molecule has 0 atom stereocenters. The van der Waals surface area contributed by atoms with E-state index in [1.54, 1.807) is 0 Å². The minimum atomic E-state index is 0. The van der Waals surface area contributed by atoms with E-state index < -0.39 is 0 Å². The normalized spacial score (nSPS) is 14.2.